The van der Waals surface area contributed by atoms with E-state index in [1.165, 1.54) is 0 Å². The third-order valence-corrected chi connectivity index (χ3v) is 0.707. The number of rotatable bonds is 2. The zero-order chi connectivity index (χ0) is 15.8. The van der Waals surface area contributed by atoms with Gasteiger partial charge in [0.15, 0.2) is 0 Å². The molecule has 122 valence electrons. The first-order valence-electron chi connectivity index (χ1n) is 6.70. The van der Waals surface area contributed by atoms with E-state index in [2.05, 4.69) is 24.5 Å². The predicted molar refractivity (Wildman–Crippen MR) is 87.1 cm³/mol. The summed E-state index contributed by atoms with van der Waals surface area (Å²) in [5.41, 5.74) is 10.7. The zero-order valence-electron chi connectivity index (χ0n) is 15.0. The number of hydrogen-bond acceptors (Lipinski definition) is 4. The molecule has 0 amide bonds. The zero-order valence-corrected chi connectivity index (χ0v) is 17.9. The number of hydrogen-bond donors (Lipinski definition) is 4. The van der Waals surface area contributed by atoms with Gasteiger partial charge in [0.2, 0.25) is 0 Å². The van der Waals surface area contributed by atoms with Crippen molar-refractivity contribution in [3.63, 3.8) is 0 Å². The number of nitrogens with one attached hydrogen (secondary N) is 2. The van der Waals surface area contributed by atoms with Crippen LogP contribution in [0.5, 0.6) is 0 Å². The normalized spacial score (nSPS) is 9.47. The Kier molecular flexibility index (Phi) is 34.8. The molecule has 0 saturated heterocycles. The molecular formula is C14H40N4W. The molecule has 0 rings (SSSR count). The largest absolute Gasteiger partial charge is 0.326 e. The molecular weight excluding hydrogens is 408 g/mol. The van der Waals surface area contributed by atoms with Crippen LogP contribution in [0.1, 0.15) is 55.4 Å². The maximum Gasteiger partial charge on any atom is 0.00686 e. The SMILES string of the molecule is CC(C)(C)N.CC(C)(C)N.CCNC.CCNC.[W]. The van der Waals surface area contributed by atoms with Crippen LogP contribution in [0.3, 0.4) is 0 Å². The first-order valence-corrected chi connectivity index (χ1v) is 6.70. The van der Waals surface area contributed by atoms with Crippen LogP contribution in [0.25, 0.3) is 0 Å². The van der Waals surface area contributed by atoms with E-state index in [1.807, 2.05) is 55.6 Å². The van der Waals surface area contributed by atoms with Crippen LogP contribution in [-0.2, 0) is 21.1 Å². The van der Waals surface area contributed by atoms with Gasteiger partial charge in [-0.3, -0.25) is 0 Å². The Labute approximate surface area is 137 Å². The van der Waals surface area contributed by atoms with Crippen molar-refractivity contribution in [1.82, 2.24) is 10.6 Å². The van der Waals surface area contributed by atoms with Crippen LogP contribution < -0.4 is 22.1 Å². The summed E-state index contributed by atoms with van der Waals surface area (Å²) in [6.45, 7) is 18.1. The minimum Gasteiger partial charge on any atom is -0.326 e. The summed E-state index contributed by atoms with van der Waals surface area (Å²) < 4.78 is 0. The molecule has 0 heterocycles. The van der Waals surface area contributed by atoms with Gasteiger partial charge < -0.3 is 22.1 Å². The average Bonchev–Trinajstić information content (AvgIpc) is 2.12. The molecule has 0 spiro atoms. The second kappa shape index (κ2) is 20.8. The van der Waals surface area contributed by atoms with E-state index in [-0.39, 0.29) is 32.1 Å². The van der Waals surface area contributed by atoms with Crippen molar-refractivity contribution in [1.29, 1.82) is 0 Å². The van der Waals surface area contributed by atoms with Crippen molar-refractivity contribution >= 4 is 0 Å². The topological polar surface area (TPSA) is 76.1 Å². The molecule has 0 aromatic heterocycles. The van der Waals surface area contributed by atoms with Gasteiger partial charge in [-0.05, 0) is 68.7 Å². The molecule has 0 aliphatic carbocycles. The fraction of sp³-hybridized carbons (Fsp3) is 1.00. The van der Waals surface area contributed by atoms with Gasteiger partial charge in [0.05, 0.1) is 0 Å². The molecule has 0 aliphatic heterocycles. The molecule has 0 atom stereocenters. The van der Waals surface area contributed by atoms with E-state index in [0.29, 0.717) is 0 Å². The summed E-state index contributed by atoms with van der Waals surface area (Å²) in [5, 5.41) is 5.86. The molecule has 0 radical (unpaired) electrons. The molecule has 5 heteroatoms. The Morgan fingerprint density at radius 2 is 0.737 bits per heavy atom. The van der Waals surface area contributed by atoms with Gasteiger partial charge in [0.25, 0.3) is 0 Å². The van der Waals surface area contributed by atoms with Crippen molar-refractivity contribution in [2.24, 2.45) is 11.5 Å². The van der Waals surface area contributed by atoms with Gasteiger partial charge in [0, 0.05) is 32.1 Å². The molecule has 4 nitrogen and oxygen atoms in total. The van der Waals surface area contributed by atoms with Gasteiger partial charge in [-0.15, -0.1) is 0 Å². The Hall–Kier alpha value is 0.528. The van der Waals surface area contributed by atoms with E-state index in [0.717, 1.165) is 13.1 Å². The van der Waals surface area contributed by atoms with Crippen molar-refractivity contribution in [3.05, 3.63) is 0 Å². The van der Waals surface area contributed by atoms with E-state index >= 15 is 0 Å². The Balaban J connectivity index is -0.0000000453. The van der Waals surface area contributed by atoms with Crippen LogP contribution in [0, 0.1) is 0 Å². The summed E-state index contributed by atoms with van der Waals surface area (Å²) in [6.07, 6.45) is 0. The van der Waals surface area contributed by atoms with Gasteiger partial charge >= 0.3 is 0 Å². The Bertz CT molecular complexity index is 96.4. The van der Waals surface area contributed by atoms with E-state index in [1.54, 1.807) is 0 Å². The van der Waals surface area contributed by atoms with Gasteiger partial charge in [-0.25, -0.2) is 0 Å². The van der Waals surface area contributed by atoms with Crippen LogP contribution in [0.15, 0.2) is 0 Å². The summed E-state index contributed by atoms with van der Waals surface area (Å²) in [4.78, 5) is 0. The molecule has 0 aromatic rings. The van der Waals surface area contributed by atoms with E-state index < -0.39 is 0 Å². The van der Waals surface area contributed by atoms with Gasteiger partial charge in [-0.2, -0.15) is 0 Å². The molecule has 6 N–H and O–H groups in total. The third kappa shape index (κ3) is 792. The molecule has 19 heavy (non-hydrogen) atoms. The fourth-order valence-corrected chi connectivity index (χ4v) is 0. The minimum atomic E-state index is 0. The second-order valence-corrected chi connectivity index (χ2v) is 6.15. The van der Waals surface area contributed by atoms with Crippen molar-refractivity contribution in [2.45, 2.75) is 66.5 Å². The van der Waals surface area contributed by atoms with Crippen LogP contribution in [-0.4, -0.2) is 38.3 Å². The summed E-state index contributed by atoms with van der Waals surface area (Å²) in [7, 11) is 3.86. The first-order chi connectivity index (χ1) is 7.83. The molecule has 0 unspecified atom stereocenters. The number of nitrogens with two attached hydrogens (primary N) is 2. The van der Waals surface area contributed by atoms with Crippen LogP contribution >= 0.6 is 0 Å². The van der Waals surface area contributed by atoms with Crippen molar-refractivity contribution < 1.29 is 21.1 Å². The van der Waals surface area contributed by atoms with Crippen LogP contribution in [0.4, 0.5) is 0 Å². The summed E-state index contributed by atoms with van der Waals surface area (Å²) >= 11 is 0. The molecule has 0 aliphatic rings. The summed E-state index contributed by atoms with van der Waals surface area (Å²) in [5.74, 6) is 0. The van der Waals surface area contributed by atoms with Gasteiger partial charge in [0.1, 0.15) is 0 Å². The van der Waals surface area contributed by atoms with Crippen molar-refractivity contribution in [2.75, 3.05) is 27.2 Å². The fourth-order valence-electron chi connectivity index (χ4n) is 0. The molecule has 0 aromatic carbocycles. The quantitative estimate of drug-likeness (QED) is 0.521. The maximum atomic E-state index is 5.35. The molecule has 0 fully saturated rings. The first kappa shape index (κ1) is 31.8. The van der Waals surface area contributed by atoms with Crippen LogP contribution in [0.2, 0.25) is 0 Å². The molecule has 0 bridgehead atoms. The Morgan fingerprint density at radius 3 is 0.737 bits per heavy atom. The third-order valence-electron chi connectivity index (χ3n) is 0.707. The monoisotopic (exact) mass is 448 g/mol. The maximum absolute atomic E-state index is 5.35. The average molecular weight is 448 g/mol. The van der Waals surface area contributed by atoms with E-state index in [9.17, 15) is 0 Å². The standard InChI is InChI=1S/2C4H11N.2C3H9N.W/c2*1-4(2,3)5;2*1-3-4-2;/h2*5H2,1-3H3;2*4H,3H2,1-2H3;. The Morgan fingerprint density at radius 1 is 0.684 bits per heavy atom. The van der Waals surface area contributed by atoms with E-state index in [4.69, 9.17) is 11.5 Å². The summed E-state index contributed by atoms with van der Waals surface area (Å²) in [6, 6.07) is 0. The molecule has 0 saturated carbocycles. The van der Waals surface area contributed by atoms with Gasteiger partial charge in [-0.1, -0.05) is 13.8 Å². The predicted octanol–water partition coefficient (Wildman–Crippen LogP) is 1.94. The second-order valence-electron chi connectivity index (χ2n) is 6.15. The smallest absolute Gasteiger partial charge is 0.00686 e. The minimum absolute atomic E-state index is 0. The van der Waals surface area contributed by atoms with Crippen molar-refractivity contribution in [3.8, 4) is 0 Å².